The van der Waals surface area contributed by atoms with Crippen molar-refractivity contribution < 1.29 is 18.0 Å². The molecule has 21 heavy (non-hydrogen) atoms. The fourth-order valence-corrected chi connectivity index (χ4v) is 2.87. The lowest BCUT2D eigenvalue weighted by Crippen LogP contribution is -2.31. The van der Waals surface area contributed by atoms with Crippen molar-refractivity contribution in [2.45, 2.75) is 31.9 Å². The van der Waals surface area contributed by atoms with Crippen LogP contribution in [-0.4, -0.2) is 12.5 Å². The predicted molar refractivity (Wildman–Crippen MR) is 72.6 cm³/mol. The zero-order chi connectivity index (χ0) is 15.3. The molecule has 2 aliphatic rings. The van der Waals surface area contributed by atoms with E-state index in [2.05, 4.69) is 5.32 Å². The Balaban J connectivity index is 1.71. The Kier molecular flexibility index (Phi) is 3.15. The van der Waals surface area contributed by atoms with Gasteiger partial charge in [-0.15, -0.1) is 0 Å². The second-order valence-electron chi connectivity index (χ2n) is 6.12. The molecule has 1 amide bonds. The molecular weight excluding hydrogens is 281 g/mol. The van der Waals surface area contributed by atoms with Crippen LogP contribution in [0.15, 0.2) is 18.2 Å². The van der Waals surface area contributed by atoms with Crippen LogP contribution >= 0.6 is 0 Å². The number of carbonyl (C=O) groups is 1. The monoisotopic (exact) mass is 298 g/mol. The first-order valence-electron chi connectivity index (χ1n) is 7.07. The number of nitrogens with one attached hydrogen (secondary N) is 1. The summed E-state index contributed by atoms with van der Waals surface area (Å²) in [4.78, 5) is 12.1. The number of nitrogen functional groups attached to an aromatic ring is 1. The first-order chi connectivity index (χ1) is 9.82. The number of hydrogen-bond donors (Lipinski definition) is 2. The van der Waals surface area contributed by atoms with E-state index in [-0.39, 0.29) is 16.7 Å². The van der Waals surface area contributed by atoms with Crippen LogP contribution in [0.2, 0.25) is 0 Å². The second kappa shape index (κ2) is 4.64. The van der Waals surface area contributed by atoms with E-state index in [0.29, 0.717) is 12.5 Å². The van der Waals surface area contributed by atoms with E-state index in [4.69, 9.17) is 5.73 Å². The van der Waals surface area contributed by atoms with Crippen molar-refractivity contribution in [2.75, 3.05) is 12.3 Å². The molecule has 0 spiro atoms. The molecule has 0 bridgehead atoms. The molecule has 2 aliphatic carbocycles. The minimum Gasteiger partial charge on any atom is -0.398 e. The predicted octanol–water partition coefficient (Wildman–Crippen LogP) is 3.21. The molecule has 0 aliphatic heterocycles. The number of halogens is 3. The fourth-order valence-electron chi connectivity index (χ4n) is 2.87. The maximum Gasteiger partial charge on any atom is 0.416 e. The molecule has 1 aromatic carbocycles. The van der Waals surface area contributed by atoms with Gasteiger partial charge in [-0.1, -0.05) is 0 Å². The summed E-state index contributed by atoms with van der Waals surface area (Å²) in [7, 11) is 0. The highest BCUT2D eigenvalue weighted by Crippen LogP contribution is 2.60. The van der Waals surface area contributed by atoms with Crippen molar-refractivity contribution in [1.29, 1.82) is 0 Å². The van der Waals surface area contributed by atoms with Gasteiger partial charge in [0.15, 0.2) is 0 Å². The van der Waals surface area contributed by atoms with Crippen LogP contribution in [0.3, 0.4) is 0 Å². The molecule has 3 rings (SSSR count). The fraction of sp³-hybridized carbons (Fsp3) is 0.533. The summed E-state index contributed by atoms with van der Waals surface area (Å²) < 4.78 is 38.1. The molecular formula is C15H17F3N2O. The second-order valence-corrected chi connectivity index (χ2v) is 6.12. The van der Waals surface area contributed by atoms with Crippen LogP contribution < -0.4 is 11.1 Å². The van der Waals surface area contributed by atoms with Gasteiger partial charge in [0.05, 0.1) is 11.1 Å². The number of alkyl halides is 3. The number of nitrogens with two attached hydrogens (primary N) is 1. The minimum atomic E-state index is -4.48. The van der Waals surface area contributed by atoms with Crippen molar-refractivity contribution in [3.63, 3.8) is 0 Å². The Morgan fingerprint density at radius 2 is 2.00 bits per heavy atom. The third kappa shape index (κ3) is 2.84. The van der Waals surface area contributed by atoms with Gasteiger partial charge in [0.25, 0.3) is 5.91 Å². The quantitative estimate of drug-likeness (QED) is 0.839. The largest absolute Gasteiger partial charge is 0.416 e. The third-order valence-electron chi connectivity index (χ3n) is 4.56. The molecule has 3 N–H and O–H groups in total. The number of benzene rings is 1. The standard InChI is InChI=1S/C15H17F3N2O/c16-15(17,18)10-3-4-12(19)11(7-10)13(21)20-8-14(5-6-14)9-1-2-9/h3-4,7,9H,1-2,5-6,8,19H2,(H,20,21). The van der Waals surface area contributed by atoms with Gasteiger partial charge in [0.1, 0.15) is 0 Å². The van der Waals surface area contributed by atoms with Crippen LogP contribution in [0.5, 0.6) is 0 Å². The number of carbonyl (C=O) groups excluding carboxylic acids is 1. The first-order valence-corrected chi connectivity index (χ1v) is 7.07. The number of hydrogen-bond acceptors (Lipinski definition) is 2. The van der Waals surface area contributed by atoms with Crippen LogP contribution in [-0.2, 0) is 6.18 Å². The summed E-state index contributed by atoms with van der Waals surface area (Å²) in [6.45, 7) is 0.534. The van der Waals surface area contributed by atoms with Gasteiger partial charge in [-0.05, 0) is 55.2 Å². The molecule has 2 saturated carbocycles. The molecule has 2 fully saturated rings. The van der Waals surface area contributed by atoms with Crippen LogP contribution in [0.4, 0.5) is 18.9 Å². The van der Waals surface area contributed by atoms with Gasteiger partial charge in [0, 0.05) is 12.2 Å². The smallest absolute Gasteiger partial charge is 0.398 e. The molecule has 0 atom stereocenters. The highest BCUT2D eigenvalue weighted by Gasteiger charge is 2.53. The van der Waals surface area contributed by atoms with Crippen LogP contribution in [0.1, 0.15) is 41.6 Å². The van der Waals surface area contributed by atoms with Gasteiger partial charge in [-0.2, -0.15) is 13.2 Å². The molecule has 0 radical (unpaired) electrons. The van der Waals surface area contributed by atoms with Gasteiger partial charge < -0.3 is 11.1 Å². The molecule has 3 nitrogen and oxygen atoms in total. The molecule has 0 heterocycles. The normalized spacial score (nSPS) is 20.1. The van der Waals surface area contributed by atoms with Gasteiger partial charge in [-0.25, -0.2) is 0 Å². The zero-order valence-corrected chi connectivity index (χ0v) is 11.5. The maximum atomic E-state index is 12.7. The minimum absolute atomic E-state index is 0.0665. The molecule has 0 unspecified atom stereocenters. The molecule has 6 heteroatoms. The SMILES string of the molecule is Nc1ccc(C(F)(F)F)cc1C(=O)NCC1(C2CC2)CC1. The van der Waals surface area contributed by atoms with E-state index >= 15 is 0 Å². The lowest BCUT2D eigenvalue weighted by atomic mass is 10.0. The molecule has 0 aromatic heterocycles. The van der Waals surface area contributed by atoms with E-state index in [1.807, 2.05) is 0 Å². The Labute approximate surface area is 120 Å². The van der Waals surface area contributed by atoms with Crippen LogP contribution in [0, 0.1) is 11.3 Å². The lowest BCUT2D eigenvalue weighted by Gasteiger charge is -2.16. The summed E-state index contributed by atoms with van der Waals surface area (Å²) in [5.74, 6) is 0.155. The van der Waals surface area contributed by atoms with Crippen molar-refractivity contribution in [2.24, 2.45) is 11.3 Å². The van der Waals surface area contributed by atoms with E-state index < -0.39 is 17.6 Å². The zero-order valence-electron chi connectivity index (χ0n) is 11.5. The summed E-state index contributed by atoms with van der Waals surface area (Å²) in [5.41, 5.74) is 4.94. The Bertz CT molecular complexity index is 575. The Hall–Kier alpha value is -1.72. The van der Waals surface area contributed by atoms with E-state index in [0.717, 1.165) is 31.0 Å². The maximum absolute atomic E-state index is 12.7. The number of rotatable bonds is 4. The van der Waals surface area contributed by atoms with Crippen molar-refractivity contribution in [3.8, 4) is 0 Å². The van der Waals surface area contributed by atoms with Gasteiger partial charge in [-0.3, -0.25) is 4.79 Å². The summed E-state index contributed by atoms with van der Waals surface area (Å²) in [6.07, 6.45) is 0.101. The average molecular weight is 298 g/mol. The van der Waals surface area contributed by atoms with Crippen LogP contribution in [0.25, 0.3) is 0 Å². The highest BCUT2D eigenvalue weighted by atomic mass is 19.4. The van der Waals surface area contributed by atoms with Crippen molar-refractivity contribution >= 4 is 11.6 Å². The third-order valence-corrected chi connectivity index (χ3v) is 4.56. The Morgan fingerprint density at radius 1 is 1.33 bits per heavy atom. The van der Waals surface area contributed by atoms with Crippen molar-refractivity contribution in [1.82, 2.24) is 5.32 Å². The summed E-state index contributed by atoms with van der Waals surface area (Å²) in [5, 5.41) is 2.76. The van der Waals surface area contributed by atoms with Gasteiger partial charge >= 0.3 is 6.18 Å². The van der Waals surface area contributed by atoms with E-state index in [9.17, 15) is 18.0 Å². The summed E-state index contributed by atoms with van der Waals surface area (Å²) in [6, 6.07) is 2.84. The lowest BCUT2D eigenvalue weighted by molar-refractivity contribution is -0.137. The van der Waals surface area contributed by atoms with Gasteiger partial charge in [0.2, 0.25) is 0 Å². The molecule has 114 valence electrons. The first kappa shape index (κ1) is 14.2. The Morgan fingerprint density at radius 3 is 2.52 bits per heavy atom. The van der Waals surface area contributed by atoms with E-state index in [1.165, 1.54) is 12.8 Å². The number of anilines is 1. The van der Waals surface area contributed by atoms with E-state index in [1.54, 1.807) is 0 Å². The average Bonchev–Trinajstić information content (AvgIpc) is 3.25. The number of amides is 1. The summed E-state index contributed by atoms with van der Waals surface area (Å²) >= 11 is 0. The van der Waals surface area contributed by atoms with Crippen molar-refractivity contribution in [3.05, 3.63) is 29.3 Å². The highest BCUT2D eigenvalue weighted by molar-refractivity contribution is 5.99. The topological polar surface area (TPSA) is 55.1 Å². The molecule has 1 aromatic rings. The molecule has 0 saturated heterocycles.